The zero-order chi connectivity index (χ0) is 13.7. The first-order chi connectivity index (χ1) is 8.93. The maximum absolute atomic E-state index is 12.7. The van der Waals surface area contributed by atoms with Crippen LogP contribution in [0, 0.1) is 10.8 Å². The largest absolute Gasteiger partial charge is 0.299 e. The lowest BCUT2D eigenvalue weighted by molar-refractivity contribution is -0.130. The predicted molar refractivity (Wildman–Crippen MR) is 77.8 cm³/mol. The highest BCUT2D eigenvalue weighted by atomic mass is 16.1. The molecule has 0 N–H and O–H groups in total. The summed E-state index contributed by atoms with van der Waals surface area (Å²) in [7, 11) is 0. The van der Waals surface area contributed by atoms with E-state index in [0.717, 1.165) is 18.4 Å². The Morgan fingerprint density at radius 1 is 1.16 bits per heavy atom. The van der Waals surface area contributed by atoms with Crippen molar-refractivity contribution in [1.29, 1.82) is 0 Å². The molecule has 0 radical (unpaired) electrons. The molecule has 1 heteroatoms. The van der Waals surface area contributed by atoms with Crippen LogP contribution in [-0.2, 0) is 11.2 Å². The van der Waals surface area contributed by atoms with Gasteiger partial charge in [0.15, 0.2) is 0 Å². The average molecular weight is 252 g/mol. The Morgan fingerprint density at radius 2 is 1.84 bits per heavy atom. The van der Waals surface area contributed by atoms with Crippen molar-refractivity contribution in [3.05, 3.63) is 59.7 Å². The van der Waals surface area contributed by atoms with E-state index in [0.29, 0.717) is 12.2 Å². The first-order valence-corrected chi connectivity index (χ1v) is 6.92. The second-order valence-electron chi connectivity index (χ2n) is 6.67. The van der Waals surface area contributed by atoms with Crippen molar-refractivity contribution in [3.63, 3.8) is 0 Å². The van der Waals surface area contributed by atoms with Crippen LogP contribution in [-0.4, -0.2) is 5.78 Å². The quantitative estimate of drug-likeness (QED) is 0.774. The molecule has 0 heterocycles. The number of fused-ring (bicyclic) bond motifs is 1. The maximum Gasteiger partial charge on any atom is 0.144 e. The van der Waals surface area contributed by atoms with Gasteiger partial charge in [-0.25, -0.2) is 0 Å². The normalized spacial score (nSPS) is 28.4. The fourth-order valence-corrected chi connectivity index (χ4v) is 3.50. The van der Waals surface area contributed by atoms with Crippen molar-refractivity contribution in [1.82, 2.24) is 0 Å². The highest BCUT2D eigenvalue weighted by Gasteiger charge is 2.54. The molecule has 1 saturated carbocycles. The van der Waals surface area contributed by atoms with Crippen molar-refractivity contribution in [2.45, 2.75) is 33.1 Å². The third-order valence-corrected chi connectivity index (χ3v) is 4.45. The Kier molecular flexibility index (Phi) is 2.57. The zero-order valence-electron chi connectivity index (χ0n) is 11.7. The minimum Gasteiger partial charge on any atom is -0.299 e. The molecule has 0 aliphatic heterocycles. The van der Waals surface area contributed by atoms with Gasteiger partial charge in [-0.3, -0.25) is 4.79 Å². The van der Waals surface area contributed by atoms with Crippen LogP contribution in [0.3, 0.4) is 0 Å². The number of Topliss-reactive ketones (excluding diaryl/α,β-unsaturated/α-hetero) is 1. The smallest absolute Gasteiger partial charge is 0.144 e. The lowest BCUT2D eigenvalue weighted by Crippen LogP contribution is -2.48. The molecule has 1 aromatic carbocycles. The van der Waals surface area contributed by atoms with Crippen LogP contribution in [0.4, 0.5) is 0 Å². The lowest BCUT2D eigenvalue weighted by atomic mass is 9.51. The Balaban J connectivity index is 1.99. The lowest BCUT2D eigenvalue weighted by Gasteiger charge is -2.50. The number of allylic oxidation sites excluding steroid dienone is 3. The molecule has 0 aromatic heterocycles. The molecule has 0 spiro atoms. The fraction of sp³-hybridized carbons (Fsp3) is 0.389. The first-order valence-electron chi connectivity index (χ1n) is 6.92. The van der Waals surface area contributed by atoms with Gasteiger partial charge >= 0.3 is 0 Å². The molecule has 1 aromatic rings. The first kappa shape index (κ1) is 12.4. The van der Waals surface area contributed by atoms with Crippen molar-refractivity contribution < 1.29 is 4.79 Å². The van der Waals surface area contributed by atoms with Gasteiger partial charge in [-0.05, 0) is 35.0 Å². The number of rotatable bonds is 2. The van der Waals surface area contributed by atoms with E-state index in [1.165, 1.54) is 11.1 Å². The van der Waals surface area contributed by atoms with E-state index in [4.69, 9.17) is 0 Å². The summed E-state index contributed by atoms with van der Waals surface area (Å²) in [6.07, 6.45) is 4.59. The van der Waals surface area contributed by atoms with E-state index in [2.05, 4.69) is 38.6 Å². The molecule has 98 valence electrons. The molecule has 1 nitrogen and oxygen atoms in total. The number of ketones is 1. The van der Waals surface area contributed by atoms with Crippen molar-refractivity contribution in [3.8, 4) is 0 Å². The van der Waals surface area contributed by atoms with Crippen LogP contribution >= 0.6 is 0 Å². The van der Waals surface area contributed by atoms with Gasteiger partial charge < -0.3 is 0 Å². The molecular formula is C18H20O. The number of carbonyl (C=O) groups excluding carboxylic acids is 1. The van der Waals surface area contributed by atoms with Gasteiger partial charge in [0.1, 0.15) is 5.78 Å². The Labute approximate surface area is 115 Å². The molecule has 2 aliphatic rings. The average Bonchev–Trinajstić information content (AvgIpc) is 2.35. The van der Waals surface area contributed by atoms with E-state index in [9.17, 15) is 4.79 Å². The fourth-order valence-electron chi connectivity index (χ4n) is 3.50. The van der Waals surface area contributed by atoms with Gasteiger partial charge in [0.25, 0.3) is 0 Å². The van der Waals surface area contributed by atoms with E-state index in [-0.39, 0.29) is 10.8 Å². The minimum absolute atomic E-state index is 0.0179. The summed E-state index contributed by atoms with van der Waals surface area (Å²) in [4.78, 5) is 12.7. The zero-order valence-corrected chi connectivity index (χ0v) is 11.7. The van der Waals surface area contributed by atoms with Crippen molar-refractivity contribution >= 4 is 5.78 Å². The molecular weight excluding hydrogens is 232 g/mol. The SMILES string of the molecule is C=C1CC2(Cc3ccccc3)C(=O)CC(C)(C)C=C12. The Morgan fingerprint density at radius 3 is 2.47 bits per heavy atom. The summed E-state index contributed by atoms with van der Waals surface area (Å²) in [5, 5.41) is 0. The molecule has 2 aliphatic carbocycles. The summed E-state index contributed by atoms with van der Waals surface area (Å²) in [6.45, 7) is 8.38. The second-order valence-corrected chi connectivity index (χ2v) is 6.67. The predicted octanol–water partition coefficient (Wildman–Crippen LogP) is 4.10. The van der Waals surface area contributed by atoms with Gasteiger partial charge in [-0.15, -0.1) is 0 Å². The number of carbonyl (C=O) groups is 1. The molecule has 0 saturated heterocycles. The summed E-state index contributed by atoms with van der Waals surface area (Å²) in [6, 6.07) is 10.3. The van der Waals surface area contributed by atoms with Crippen LogP contribution in [0.15, 0.2) is 54.1 Å². The summed E-state index contributed by atoms with van der Waals surface area (Å²) >= 11 is 0. The van der Waals surface area contributed by atoms with Crippen LogP contribution in [0.5, 0.6) is 0 Å². The molecule has 1 atom stereocenters. The van der Waals surface area contributed by atoms with Gasteiger partial charge in [0, 0.05) is 6.42 Å². The van der Waals surface area contributed by atoms with E-state index < -0.39 is 0 Å². The van der Waals surface area contributed by atoms with Gasteiger partial charge in [0.2, 0.25) is 0 Å². The van der Waals surface area contributed by atoms with Crippen molar-refractivity contribution in [2.75, 3.05) is 0 Å². The highest BCUT2D eigenvalue weighted by Crippen LogP contribution is 2.57. The Bertz CT molecular complexity index is 577. The number of hydrogen-bond acceptors (Lipinski definition) is 1. The van der Waals surface area contributed by atoms with E-state index in [1.54, 1.807) is 0 Å². The minimum atomic E-state index is -0.270. The molecule has 0 bridgehead atoms. The monoisotopic (exact) mass is 252 g/mol. The number of hydrogen-bond donors (Lipinski definition) is 0. The second kappa shape index (κ2) is 3.93. The summed E-state index contributed by atoms with van der Waals surface area (Å²) in [5.41, 5.74) is 3.31. The summed E-state index contributed by atoms with van der Waals surface area (Å²) < 4.78 is 0. The Hall–Kier alpha value is -1.63. The topological polar surface area (TPSA) is 17.1 Å². The third-order valence-electron chi connectivity index (χ3n) is 4.45. The van der Waals surface area contributed by atoms with E-state index in [1.807, 2.05) is 18.2 Å². The highest BCUT2D eigenvalue weighted by molar-refractivity contribution is 5.94. The molecule has 1 unspecified atom stereocenters. The third kappa shape index (κ3) is 1.88. The van der Waals surface area contributed by atoms with Crippen LogP contribution in [0.2, 0.25) is 0 Å². The standard InChI is InChI=1S/C18H20O/c1-13-9-18(10-14-7-5-4-6-8-14)15(13)11-17(2,3)12-16(18)19/h4-8,11H,1,9-10,12H2,2-3H3. The molecule has 3 rings (SSSR count). The number of benzene rings is 1. The molecule has 1 fully saturated rings. The van der Waals surface area contributed by atoms with Gasteiger partial charge in [-0.1, -0.05) is 56.8 Å². The van der Waals surface area contributed by atoms with Gasteiger partial charge in [0.05, 0.1) is 5.41 Å². The van der Waals surface area contributed by atoms with Crippen LogP contribution in [0.1, 0.15) is 32.3 Å². The molecule has 19 heavy (non-hydrogen) atoms. The maximum atomic E-state index is 12.7. The van der Waals surface area contributed by atoms with Crippen LogP contribution < -0.4 is 0 Å². The van der Waals surface area contributed by atoms with E-state index >= 15 is 0 Å². The van der Waals surface area contributed by atoms with Crippen LogP contribution in [0.25, 0.3) is 0 Å². The van der Waals surface area contributed by atoms with Gasteiger partial charge in [-0.2, -0.15) is 0 Å². The van der Waals surface area contributed by atoms with Crippen molar-refractivity contribution in [2.24, 2.45) is 10.8 Å². The molecule has 0 amide bonds. The summed E-state index contributed by atoms with van der Waals surface area (Å²) in [5.74, 6) is 0.395.